The van der Waals surface area contributed by atoms with E-state index in [1.54, 1.807) is 48.4 Å². The van der Waals surface area contributed by atoms with Crippen LogP contribution in [0.1, 0.15) is 154 Å². The number of anilines is 1. The lowest BCUT2D eigenvalue weighted by Crippen LogP contribution is -2.70. The Bertz CT molecular complexity index is 2470. The lowest BCUT2D eigenvalue weighted by atomic mass is 9.55. The first-order valence-electron chi connectivity index (χ1n) is 28.2. The van der Waals surface area contributed by atoms with Crippen LogP contribution in [0.15, 0.2) is 84.1 Å². The number of allylic oxidation sites excluding steroid dienone is 1. The number of carbonyl (C=O) groups is 2. The Hall–Kier alpha value is -5.97. The molecule has 6 unspecified atom stereocenters. The van der Waals surface area contributed by atoms with Gasteiger partial charge in [-0.1, -0.05) is 101 Å². The van der Waals surface area contributed by atoms with Crippen molar-refractivity contribution >= 4 is 23.6 Å². The number of oxime groups is 1. The summed E-state index contributed by atoms with van der Waals surface area (Å²) >= 11 is 0. The largest absolute Gasteiger partial charge is 0.497 e. The van der Waals surface area contributed by atoms with E-state index >= 15 is 4.79 Å². The van der Waals surface area contributed by atoms with E-state index in [0.717, 1.165) is 61.6 Å². The second-order valence-corrected chi connectivity index (χ2v) is 21.7. The second kappa shape index (κ2) is 28.6. The number of unbranched alkanes of at least 4 members (excludes halogenated alkanes) is 11. The Morgan fingerprint density at radius 1 is 0.831 bits per heavy atom. The summed E-state index contributed by atoms with van der Waals surface area (Å²) < 4.78 is 49.6. The average Bonchev–Trinajstić information content (AvgIpc) is 4.01. The molecule has 16 nitrogen and oxygen atoms in total. The summed E-state index contributed by atoms with van der Waals surface area (Å²) in [5.74, 6) is 0.258. The standard InChI is InChI=1S/C61H85N3O13/c1-8-10-11-12-13-14-15-16-17-22-34-71-59(68)64(40-42-25-29-52-54(35-42)73-41-72-52)55-39-50(63-77-60(3,4)5)47-36-43(23-18-20-31-65)46(24-19-21-32-66)56-48-37-45(27-30-51(48)76-61(55,57(47)56)74-33-9-2)75-58(67)62-49-28-26-44(69-6)38-53(49)70-7/h9,25-30,35-38,43,46,55-57,65-66H,2,8,10-24,31-34,39-41H2,1,3-7H3,(H,62,67). The maximum absolute atomic E-state index is 15.3. The first-order chi connectivity index (χ1) is 37.4. The summed E-state index contributed by atoms with van der Waals surface area (Å²) in [5, 5.41) is 28.0. The Morgan fingerprint density at radius 2 is 1.53 bits per heavy atom. The number of methoxy groups -OCH3 is 2. The molecule has 2 aliphatic carbocycles. The molecule has 0 radical (unpaired) electrons. The Kier molecular flexibility index (Phi) is 21.8. The monoisotopic (exact) mass is 1070 g/mol. The van der Waals surface area contributed by atoms with Gasteiger partial charge in [-0.15, -0.1) is 6.58 Å². The van der Waals surface area contributed by atoms with Gasteiger partial charge >= 0.3 is 12.2 Å². The van der Waals surface area contributed by atoms with Gasteiger partial charge in [0, 0.05) is 43.7 Å². The molecule has 3 aromatic carbocycles. The minimum Gasteiger partial charge on any atom is -0.497 e. The van der Waals surface area contributed by atoms with Crippen molar-refractivity contribution in [2.45, 2.75) is 167 Å². The number of nitrogens with one attached hydrogen (secondary N) is 1. The third-order valence-corrected chi connectivity index (χ3v) is 15.1. The van der Waals surface area contributed by atoms with Crippen LogP contribution in [0, 0.1) is 17.8 Å². The maximum atomic E-state index is 15.3. The fourth-order valence-corrected chi connectivity index (χ4v) is 11.4. The van der Waals surface area contributed by atoms with E-state index in [4.69, 9.17) is 47.9 Å². The molecule has 4 aliphatic rings. The van der Waals surface area contributed by atoms with Crippen molar-refractivity contribution in [2.75, 3.05) is 52.8 Å². The zero-order chi connectivity index (χ0) is 54.8. The zero-order valence-electron chi connectivity index (χ0n) is 46.5. The van der Waals surface area contributed by atoms with Crippen molar-refractivity contribution < 1.29 is 62.5 Å². The topological polar surface area (TPSA) is 185 Å². The highest BCUT2D eigenvalue weighted by atomic mass is 16.7. The molecule has 3 aromatic rings. The molecule has 0 saturated heterocycles. The van der Waals surface area contributed by atoms with Gasteiger partial charge in [0.15, 0.2) is 11.5 Å². The molecule has 7 rings (SSSR count). The number of amides is 2. The van der Waals surface area contributed by atoms with Crippen LogP contribution in [0.3, 0.4) is 0 Å². The number of hydrogen-bond donors (Lipinski definition) is 3. The van der Waals surface area contributed by atoms with Gasteiger partial charge < -0.3 is 52.9 Å². The summed E-state index contributed by atoms with van der Waals surface area (Å²) in [6, 6.07) is 15.2. The number of aliphatic hydroxyl groups excluding tert-OH is 2. The number of aliphatic hydroxyl groups is 2. The number of hydrogen-bond acceptors (Lipinski definition) is 14. The van der Waals surface area contributed by atoms with Crippen LogP contribution in [-0.2, 0) is 20.9 Å². The van der Waals surface area contributed by atoms with E-state index < -0.39 is 35.5 Å². The maximum Gasteiger partial charge on any atom is 0.417 e. The second-order valence-electron chi connectivity index (χ2n) is 21.7. The molecule has 2 aliphatic heterocycles. The highest BCUT2D eigenvalue weighted by Gasteiger charge is 2.66. The number of benzene rings is 3. The van der Waals surface area contributed by atoms with Gasteiger partial charge in [0.25, 0.3) is 0 Å². The molecule has 0 bridgehead atoms. The first kappa shape index (κ1) is 58.7. The molecule has 16 heteroatoms. The fourth-order valence-electron chi connectivity index (χ4n) is 11.4. The van der Waals surface area contributed by atoms with Gasteiger partial charge in [-0.2, -0.15) is 0 Å². The molecule has 6 atom stereocenters. The van der Waals surface area contributed by atoms with Crippen molar-refractivity contribution in [1.29, 1.82) is 0 Å². The van der Waals surface area contributed by atoms with Crippen LogP contribution in [0.25, 0.3) is 0 Å². The van der Waals surface area contributed by atoms with E-state index in [0.29, 0.717) is 59.4 Å². The molecule has 2 heterocycles. The van der Waals surface area contributed by atoms with Crippen LogP contribution in [0.5, 0.6) is 34.5 Å². The molecular formula is C61H85N3O13. The molecule has 422 valence electrons. The lowest BCUT2D eigenvalue weighted by molar-refractivity contribution is -0.256. The highest BCUT2D eigenvalue weighted by molar-refractivity contribution is 6.03. The van der Waals surface area contributed by atoms with Gasteiger partial charge in [0.05, 0.1) is 44.8 Å². The van der Waals surface area contributed by atoms with E-state index in [9.17, 15) is 15.0 Å². The molecule has 3 N–H and O–H groups in total. The number of ether oxygens (including phenoxy) is 8. The van der Waals surface area contributed by atoms with E-state index in [1.807, 2.05) is 45.0 Å². The van der Waals surface area contributed by atoms with Crippen molar-refractivity contribution in [3.63, 3.8) is 0 Å². The number of nitrogens with zero attached hydrogens (tertiary/aromatic N) is 2. The molecule has 1 saturated carbocycles. The Balaban J connectivity index is 1.33. The average molecular weight is 1070 g/mol. The van der Waals surface area contributed by atoms with Crippen molar-refractivity contribution in [3.05, 3.63) is 90.0 Å². The van der Waals surface area contributed by atoms with Gasteiger partial charge in [-0.3, -0.25) is 10.2 Å². The third kappa shape index (κ3) is 15.2. The summed E-state index contributed by atoms with van der Waals surface area (Å²) in [4.78, 5) is 37.1. The fraction of sp³-hybridized carbons (Fsp3) is 0.590. The van der Waals surface area contributed by atoms with E-state index in [1.165, 1.54) is 45.6 Å². The van der Waals surface area contributed by atoms with Crippen molar-refractivity contribution in [3.8, 4) is 34.5 Å². The smallest absolute Gasteiger partial charge is 0.417 e. The van der Waals surface area contributed by atoms with Crippen molar-refractivity contribution in [1.82, 2.24) is 4.90 Å². The summed E-state index contributed by atoms with van der Waals surface area (Å²) in [5.41, 5.74) is 2.81. The molecular weight excluding hydrogens is 983 g/mol. The number of carbonyl (C=O) groups excluding carboxylic acids is 2. The molecule has 77 heavy (non-hydrogen) atoms. The van der Waals surface area contributed by atoms with Crippen LogP contribution in [0.2, 0.25) is 0 Å². The highest BCUT2D eigenvalue weighted by Crippen LogP contribution is 2.62. The normalized spacial score (nSPS) is 21.5. The summed E-state index contributed by atoms with van der Waals surface area (Å²) in [7, 11) is 3.06. The molecule has 0 aromatic heterocycles. The zero-order valence-corrected chi connectivity index (χ0v) is 46.5. The van der Waals surface area contributed by atoms with E-state index in [2.05, 4.69) is 24.9 Å². The SMILES string of the molecule is C=CCOC12Oc3ccc(OC(=O)Nc4ccc(OC)cc4OC)cc3C3C(CCCCO)C(CCCCO)C=C(C(=NOC(C)(C)C)CC1N(Cc1ccc4c(c1)OCO4)C(=O)OCCCCCCCCCCCC)C32. The third-order valence-electron chi connectivity index (χ3n) is 15.1. The summed E-state index contributed by atoms with van der Waals surface area (Å²) in [6.07, 6.45) is 18.5. The minimum absolute atomic E-state index is 0.0258. The summed E-state index contributed by atoms with van der Waals surface area (Å²) in [6.45, 7) is 12.8. The minimum atomic E-state index is -1.57. The van der Waals surface area contributed by atoms with Gasteiger partial charge in [0.2, 0.25) is 12.6 Å². The predicted octanol–water partition coefficient (Wildman–Crippen LogP) is 13.0. The van der Waals surface area contributed by atoms with Gasteiger partial charge in [0.1, 0.15) is 34.6 Å². The van der Waals surface area contributed by atoms with Crippen molar-refractivity contribution in [2.24, 2.45) is 22.9 Å². The van der Waals surface area contributed by atoms with Crippen LogP contribution < -0.4 is 33.7 Å². The molecule has 2 amide bonds. The number of rotatable bonds is 30. The Morgan fingerprint density at radius 3 is 2.23 bits per heavy atom. The van der Waals surface area contributed by atoms with Crippen LogP contribution >= 0.6 is 0 Å². The first-order valence-corrected chi connectivity index (χ1v) is 28.2. The molecule has 1 fully saturated rings. The van der Waals surface area contributed by atoms with E-state index in [-0.39, 0.29) is 69.7 Å². The number of fused-ring (bicyclic) bond motifs is 3. The lowest BCUT2D eigenvalue weighted by Gasteiger charge is -2.60. The Labute approximate surface area is 456 Å². The quantitative estimate of drug-likeness (QED) is 0.0326. The van der Waals surface area contributed by atoms with Gasteiger partial charge in [-0.25, -0.2) is 9.59 Å². The predicted molar refractivity (Wildman–Crippen MR) is 296 cm³/mol. The van der Waals surface area contributed by atoms with Crippen LogP contribution in [-0.4, -0.2) is 97.9 Å². The van der Waals surface area contributed by atoms with Crippen LogP contribution in [0.4, 0.5) is 15.3 Å². The van der Waals surface area contributed by atoms with Gasteiger partial charge in [-0.05, 0) is 118 Å². The molecule has 0 spiro atoms.